The number of halogens is 2. The molecule has 0 bridgehead atoms. The van der Waals surface area contributed by atoms with Crippen molar-refractivity contribution >= 4 is 0 Å². The van der Waals surface area contributed by atoms with E-state index in [1.165, 1.54) is 0 Å². The molecule has 0 amide bonds. The fraction of sp³-hybridized carbons (Fsp3) is 0.571. The van der Waals surface area contributed by atoms with Crippen LogP contribution in [0.25, 0.3) is 0 Å². The van der Waals surface area contributed by atoms with Crippen LogP contribution in [0.4, 0.5) is 8.78 Å². The zero-order chi connectivity index (χ0) is 14.1. The molecule has 0 aliphatic carbocycles. The maximum atomic E-state index is 11.8. The van der Waals surface area contributed by atoms with Crippen molar-refractivity contribution < 1.29 is 23.4 Å². The Morgan fingerprint density at radius 3 is 2.42 bits per heavy atom. The van der Waals surface area contributed by atoms with Crippen LogP contribution in [0.3, 0.4) is 0 Å². The molecule has 0 aliphatic rings. The highest BCUT2D eigenvalue weighted by atomic mass is 19.3. The van der Waals surface area contributed by atoms with Gasteiger partial charge in [-0.1, -0.05) is 24.3 Å². The Bertz CT molecular complexity index is 341. The van der Waals surface area contributed by atoms with Gasteiger partial charge < -0.3 is 14.6 Å². The maximum Gasteiger partial charge on any atom is 0.261 e. The molecule has 1 aromatic carbocycles. The lowest BCUT2D eigenvalue weighted by molar-refractivity contribution is 0.00481. The smallest absolute Gasteiger partial charge is 0.261 e. The van der Waals surface area contributed by atoms with Crippen molar-refractivity contribution in [3.8, 4) is 0 Å². The quantitative estimate of drug-likeness (QED) is 0.703. The summed E-state index contributed by atoms with van der Waals surface area (Å²) in [4.78, 5) is 0. The summed E-state index contributed by atoms with van der Waals surface area (Å²) in [5.41, 5.74) is 1.90. The van der Waals surface area contributed by atoms with Gasteiger partial charge in [0, 0.05) is 20.1 Å². The lowest BCUT2D eigenvalue weighted by Crippen LogP contribution is -2.08. The fourth-order valence-electron chi connectivity index (χ4n) is 1.66. The highest BCUT2D eigenvalue weighted by Crippen LogP contribution is 2.17. The minimum atomic E-state index is -2.46. The van der Waals surface area contributed by atoms with Gasteiger partial charge in [0.25, 0.3) is 6.43 Å². The second kappa shape index (κ2) is 8.96. The van der Waals surface area contributed by atoms with Crippen molar-refractivity contribution in [3.63, 3.8) is 0 Å². The van der Waals surface area contributed by atoms with Gasteiger partial charge in [0.15, 0.2) is 0 Å². The number of hydrogen-bond donors (Lipinski definition) is 1. The highest BCUT2D eigenvalue weighted by Gasteiger charge is 2.08. The van der Waals surface area contributed by atoms with Crippen molar-refractivity contribution in [2.24, 2.45) is 0 Å². The van der Waals surface area contributed by atoms with E-state index in [-0.39, 0.29) is 6.61 Å². The van der Waals surface area contributed by atoms with Crippen molar-refractivity contribution in [3.05, 3.63) is 35.4 Å². The van der Waals surface area contributed by atoms with Gasteiger partial charge in [-0.25, -0.2) is 8.78 Å². The van der Waals surface area contributed by atoms with Gasteiger partial charge in [0.05, 0.1) is 12.7 Å². The van der Waals surface area contributed by atoms with Gasteiger partial charge in [-0.05, 0) is 17.5 Å². The van der Waals surface area contributed by atoms with E-state index in [2.05, 4.69) is 0 Å². The van der Waals surface area contributed by atoms with Crippen molar-refractivity contribution in [2.75, 3.05) is 26.9 Å². The van der Waals surface area contributed by atoms with E-state index in [0.29, 0.717) is 13.0 Å². The first-order valence-electron chi connectivity index (χ1n) is 6.25. The van der Waals surface area contributed by atoms with Crippen LogP contribution in [0.2, 0.25) is 0 Å². The first-order valence-corrected chi connectivity index (χ1v) is 6.25. The summed E-state index contributed by atoms with van der Waals surface area (Å²) in [5, 5.41) is 9.86. The molecule has 0 aliphatic heterocycles. The Morgan fingerprint density at radius 2 is 1.84 bits per heavy atom. The standard InChI is InChI=1S/C14H20F2O3/c1-18-8-6-11-2-4-12(5-3-11)13(17)7-9-19-10-14(15)16/h2-5,13-14,17H,6-10H2,1H3. The van der Waals surface area contributed by atoms with E-state index in [0.717, 1.165) is 17.5 Å². The Labute approximate surface area is 112 Å². The third-order valence-corrected chi connectivity index (χ3v) is 2.74. The zero-order valence-electron chi connectivity index (χ0n) is 11.0. The summed E-state index contributed by atoms with van der Waals surface area (Å²) < 4.78 is 33.4. The summed E-state index contributed by atoms with van der Waals surface area (Å²) in [6.07, 6.45) is -2.01. The van der Waals surface area contributed by atoms with E-state index in [9.17, 15) is 13.9 Å². The maximum absolute atomic E-state index is 11.8. The van der Waals surface area contributed by atoms with E-state index in [1.54, 1.807) is 7.11 Å². The van der Waals surface area contributed by atoms with Crippen LogP contribution in [0, 0.1) is 0 Å². The average molecular weight is 274 g/mol. The topological polar surface area (TPSA) is 38.7 Å². The van der Waals surface area contributed by atoms with E-state index in [4.69, 9.17) is 9.47 Å². The Hall–Kier alpha value is -1.04. The summed E-state index contributed by atoms with van der Waals surface area (Å²) in [6.45, 7) is 0.197. The van der Waals surface area contributed by atoms with E-state index >= 15 is 0 Å². The largest absolute Gasteiger partial charge is 0.388 e. The third kappa shape index (κ3) is 6.61. The van der Waals surface area contributed by atoms with Crippen LogP contribution in [0.1, 0.15) is 23.7 Å². The molecule has 0 heterocycles. The molecule has 0 radical (unpaired) electrons. The van der Waals surface area contributed by atoms with Crippen LogP contribution < -0.4 is 0 Å². The number of hydrogen-bond acceptors (Lipinski definition) is 3. The number of ether oxygens (including phenoxy) is 2. The molecule has 1 N–H and O–H groups in total. The number of rotatable bonds is 9. The zero-order valence-corrected chi connectivity index (χ0v) is 11.0. The number of aliphatic hydroxyl groups is 1. The summed E-state index contributed by atoms with van der Waals surface area (Å²) in [7, 11) is 1.65. The van der Waals surface area contributed by atoms with Crippen LogP contribution in [0.15, 0.2) is 24.3 Å². The van der Waals surface area contributed by atoms with Gasteiger partial charge in [0.1, 0.15) is 6.61 Å². The SMILES string of the molecule is COCCc1ccc(C(O)CCOCC(F)F)cc1. The lowest BCUT2D eigenvalue weighted by Gasteiger charge is -2.12. The van der Waals surface area contributed by atoms with E-state index in [1.807, 2.05) is 24.3 Å². The van der Waals surface area contributed by atoms with Gasteiger partial charge in [-0.15, -0.1) is 0 Å². The molecule has 108 valence electrons. The molecule has 5 heteroatoms. The Balaban J connectivity index is 2.33. The molecule has 3 nitrogen and oxygen atoms in total. The number of methoxy groups -OCH3 is 1. The first-order chi connectivity index (χ1) is 9.13. The predicted molar refractivity (Wildman–Crippen MR) is 68.4 cm³/mol. The number of alkyl halides is 2. The molecule has 1 atom stereocenters. The molecular formula is C14H20F2O3. The third-order valence-electron chi connectivity index (χ3n) is 2.74. The van der Waals surface area contributed by atoms with Gasteiger partial charge in [0.2, 0.25) is 0 Å². The molecule has 0 spiro atoms. The minimum Gasteiger partial charge on any atom is -0.388 e. The predicted octanol–water partition coefficient (Wildman–Crippen LogP) is 2.58. The molecular weight excluding hydrogens is 254 g/mol. The molecule has 1 aromatic rings. The molecule has 1 unspecified atom stereocenters. The van der Waals surface area contributed by atoms with Crippen molar-refractivity contribution in [1.82, 2.24) is 0 Å². The summed E-state index contributed by atoms with van der Waals surface area (Å²) >= 11 is 0. The van der Waals surface area contributed by atoms with Crippen LogP contribution >= 0.6 is 0 Å². The van der Waals surface area contributed by atoms with Gasteiger partial charge >= 0.3 is 0 Å². The number of aliphatic hydroxyl groups excluding tert-OH is 1. The molecule has 0 fully saturated rings. The van der Waals surface area contributed by atoms with Crippen LogP contribution in [0.5, 0.6) is 0 Å². The van der Waals surface area contributed by atoms with Crippen molar-refractivity contribution in [1.29, 1.82) is 0 Å². The first kappa shape index (κ1) is 16.0. The van der Waals surface area contributed by atoms with Gasteiger partial charge in [-0.3, -0.25) is 0 Å². The van der Waals surface area contributed by atoms with E-state index < -0.39 is 19.1 Å². The van der Waals surface area contributed by atoms with Crippen molar-refractivity contribution in [2.45, 2.75) is 25.4 Å². The molecule has 0 saturated carbocycles. The minimum absolute atomic E-state index is 0.122. The summed E-state index contributed by atoms with van der Waals surface area (Å²) in [6, 6.07) is 7.53. The lowest BCUT2D eigenvalue weighted by atomic mass is 10.0. The number of benzene rings is 1. The van der Waals surface area contributed by atoms with Gasteiger partial charge in [-0.2, -0.15) is 0 Å². The van der Waals surface area contributed by atoms with Crippen LogP contribution in [-0.2, 0) is 15.9 Å². The Kier molecular flexibility index (Phi) is 7.55. The molecule has 1 rings (SSSR count). The second-order valence-electron chi connectivity index (χ2n) is 4.25. The molecule has 0 saturated heterocycles. The van der Waals surface area contributed by atoms with Crippen LogP contribution in [-0.4, -0.2) is 38.5 Å². The normalized spacial score (nSPS) is 12.9. The molecule has 19 heavy (non-hydrogen) atoms. The monoisotopic (exact) mass is 274 g/mol. The highest BCUT2D eigenvalue weighted by molar-refractivity contribution is 5.24. The summed E-state index contributed by atoms with van der Waals surface area (Å²) in [5.74, 6) is 0. The Morgan fingerprint density at radius 1 is 1.16 bits per heavy atom. The fourth-order valence-corrected chi connectivity index (χ4v) is 1.66. The molecule has 0 aromatic heterocycles. The second-order valence-corrected chi connectivity index (χ2v) is 4.25. The average Bonchev–Trinajstić information content (AvgIpc) is 2.41.